The maximum absolute atomic E-state index is 10.1. The molecule has 1 fully saturated rings. The lowest BCUT2D eigenvalue weighted by Crippen LogP contribution is -2.39. The first kappa shape index (κ1) is 13.8. The lowest BCUT2D eigenvalue weighted by Gasteiger charge is -2.24. The largest absolute Gasteiger partial charge is 0.389 e. The molecule has 0 aromatic heterocycles. The van der Waals surface area contributed by atoms with E-state index in [-0.39, 0.29) is 16.4 Å². The first-order chi connectivity index (χ1) is 6.64. The Bertz CT molecular complexity index is 277. The van der Waals surface area contributed by atoms with E-state index >= 15 is 0 Å². The smallest absolute Gasteiger partial charge is 0.141 e. The predicted molar refractivity (Wildman–Crippen MR) is 75.9 cm³/mol. The fourth-order valence-corrected chi connectivity index (χ4v) is 3.13. The van der Waals surface area contributed by atoms with Gasteiger partial charge in [0.25, 0.3) is 0 Å². The zero-order valence-electron chi connectivity index (χ0n) is 10.0. The summed E-state index contributed by atoms with van der Waals surface area (Å²) in [5, 5.41) is 10.1. The van der Waals surface area contributed by atoms with E-state index in [0.29, 0.717) is 0 Å². The van der Waals surface area contributed by atoms with Crippen molar-refractivity contribution < 1.29 is 9.84 Å². The van der Waals surface area contributed by atoms with E-state index in [2.05, 4.69) is 35.6 Å². The molecule has 5 heteroatoms. The monoisotopic (exact) mass is 294 g/mol. The second-order valence-electron chi connectivity index (χ2n) is 5.36. The highest BCUT2D eigenvalue weighted by Gasteiger charge is 2.48. The van der Waals surface area contributed by atoms with Crippen molar-refractivity contribution >= 4 is 37.0 Å². The molecule has 0 spiro atoms. The number of aliphatic hydroxyl groups is 1. The van der Waals surface area contributed by atoms with Crippen LogP contribution in [0.2, 0.25) is 0 Å². The molecule has 0 bridgehead atoms. The quantitative estimate of drug-likeness (QED) is 0.477. The van der Waals surface area contributed by atoms with Crippen molar-refractivity contribution in [3.05, 3.63) is 0 Å². The van der Waals surface area contributed by atoms with Crippen molar-refractivity contribution in [2.24, 2.45) is 0 Å². The average Bonchev–Trinajstić information content (AvgIpc) is 2.25. The average molecular weight is 295 g/mol. The molecule has 1 rings (SSSR count). The third-order valence-corrected chi connectivity index (χ3v) is 5.71. The van der Waals surface area contributed by atoms with Gasteiger partial charge in [-0.25, -0.2) is 0 Å². The zero-order valence-corrected chi connectivity index (χ0v) is 12.5. The Balaban J connectivity index is 2.57. The van der Waals surface area contributed by atoms with Gasteiger partial charge in [-0.15, -0.1) is 13.2 Å². The Morgan fingerprint density at radius 3 is 2.47 bits per heavy atom. The van der Waals surface area contributed by atoms with Gasteiger partial charge < -0.3 is 9.84 Å². The lowest BCUT2D eigenvalue weighted by molar-refractivity contribution is 0.0306. The number of hydrogen-bond acceptors (Lipinski definition) is 2. The molecule has 0 aromatic carbocycles. The highest BCUT2D eigenvalue weighted by molar-refractivity contribution is 9.10. The predicted octanol–water partition coefficient (Wildman–Crippen LogP) is 0.958. The van der Waals surface area contributed by atoms with Crippen LogP contribution in [-0.4, -0.2) is 61.3 Å². The van der Waals surface area contributed by atoms with Crippen molar-refractivity contribution in [2.45, 2.75) is 35.9 Å². The second kappa shape index (κ2) is 4.56. The molecule has 0 aliphatic carbocycles. The molecular formula is C10H21BBrO2P. The molecule has 4 atom stereocenters. The van der Waals surface area contributed by atoms with E-state index in [0.717, 1.165) is 12.6 Å². The molecule has 1 heterocycles. The SMILES string of the molecule is B[C@@H]1O[C@H](CCP(=C)(C)C)[C@@H](O)[C@@]1(C)Br. The topological polar surface area (TPSA) is 29.5 Å². The van der Waals surface area contributed by atoms with E-state index in [1.807, 2.05) is 14.8 Å². The molecule has 2 nitrogen and oxygen atoms in total. The van der Waals surface area contributed by atoms with Crippen LogP contribution in [0, 0.1) is 0 Å². The summed E-state index contributed by atoms with van der Waals surface area (Å²) in [6.45, 7) is 5.41. The fraction of sp³-hybridized carbons (Fsp3) is 0.900. The Morgan fingerprint density at radius 2 is 2.13 bits per heavy atom. The van der Waals surface area contributed by atoms with Crippen LogP contribution in [0.1, 0.15) is 13.3 Å². The first-order valence-electron chi connectivity index (χ1n) is 5.34. The fourth-order valence-electron chi connectivity index (χ4n) is 1.78. The molecule has 0 aromatic rings. The third kappa shape index (κ3) is 3.36. The Labute approximate surface area is 102 Å². The van der Waals surface area contributed by atoms with Crippen molar-refractivity contribution in [1.82, 2.24) is 0 Å². The highest BCUT2D eigenvalue weighted by Crippen LogP contribution is 2.42. The maximum atomic E-state index is 10.1. The van der Waals surface area contributed by atoms with E-state index in [1.165, 1.54) is 0 Å². The summed E-state index contributed by atoms with van der Waals surface area (Å²) < 4.78 is 5.47. The Morgan fingerprint density at radius 1 is 1.60 bits per heavy atom. The van der Waals surface area contributed by atoms with Crippen LogP contribution in [0.15, 0.2) is 0 Å². The van der Waals surface area contributed by atoms with Gasteiger partial charge in [-0.1, -0.05) is 15.9 Å². The van der Waals surface area contributed by atoms with Crippen molar-refractivity contribution in [1.29, 1.82) is 0 Å². The summed E-state index contributed by atoms with van der Waals surface area (Å²) in [7, 11) is 2.00. The van der Waals surface area contributed by atoms with Crippen LogP contribution in [0.25, 0.3) is 0 Å². The molecule has 1 aliphatic heterocycles. The zero-order chi connectivity index (χ0) is 11.9. The van der Waals surface area contributed by atoms with Gasteiger partial charge in [0.2, 0.25) is 0 Å². The molecule has 1 aliphatic rings. The van der Waals surface area contributed by atoms with E-state index in [4.69, 9.17) is 4.74 Å². The number of hydrogen-bond donors (Lipinski definition) is 1. The normalized spacial score (nSPS) is 42.1. The van der Waals surface area contributed by atoms with Gasteiger partial charge in [-0.2, -0.15) is 0 Å². The van der Waals surface area contributed by atoms with Crippen molar-refractivity contribution in [3.63, 3.8) is 0 Å². The van der Waals surface area contributed by atoms with E-state index < -0.39 is 13.0 Å². The molecule has 0 saturated carbocycles. The van der Waals surface area contributed by atoms with Crippen molar-refractivity contribution in [3.8, 4) is 0 Å². The summed E-state index contributed by atoms with van der Waals surface area (Å²) >= 11 is 3.55. The van der Waals surface area contributed by atoms with E-state index in [9.17, 15) is 5.11 Å². The number of rotatable bonds is 3. The van der Waals surface area contributed by atoms with Gasteiger partial charge in [-0.3, -0.25) is 0 Å². The van der Waals surface area contributed by atoms with Gasteiger partial charge in [0.1, 0.15) is 7.85 Å². The summed E-state index contributed by atoms with van der Waals surface area (Å²) in [5.74, 6) is 0. The molecule has 1 N–H and O–H groups in total. The van der Waals surface area contributed by atoms with Crippen LogP contribution in [0.4, 0.5) is 0 Å². The highest BCUT2D eigenvalue weighted by atomic mass is 79.9. The van der Waals surface area contributed by atoms with Crippen molar-refractivity contribution in [2.75, 3.05) is 19.5 Å². The summed E-state index contributed by atoms with van der Waals surface area (Å²) in [4.78, 5) is 0. The maximum Gasteiger partial charge on any atom is 0.141 e. The molecule has 0 amide bonds. The minimum atomic E-state index is -1.01. The van der Waals surface area contributed by atoms with Gasteiger partial charge in [-0.05, 0) is 32.8 Å². The van der Waals surface area contributed by atoms with Gasteiger partial charge >= 0.3 is 0 Å². The first-order valence-corrected chi connectivity index (χ1v) is 9.19. The van der Waals surface area contributed by atoms with Crippen LogP contribution < -0.4 is 0 Å². The van der Waals surface area contributed by atoms with Crippen LogP contribution in [0.3, 0.4) is 0 Å². The van der Waals surface area contributed by atoms with Crippen LogP contribution in [0.5, 0.6) is 0 Å². The van der Waals surface area contributed by atoms with Gasteiger partial charge in [0, 0.05) is 6.00 Å². The second-order valence-corrected chi connectivity index (χ2v) is 11.4. The minimum Gasteiger partial charge on any atom is -0.389 e. The molecular weight excluding hydrogens is 274 g/mol. The molecule has 15 heavy (non-hydrogen) atoms. The van der Waals surface area contributed by atoms with Gasteiger partial charge in [0.15, 0.2) is 0 Å². The van der Waals surface area contributed by atoms with Gasteiger partial charge in [0.05, 0.1) is 16.5 Å². The summed E-state index contributed by atoms with van der Waals surface area (Å²) in [6.07, 6.45) is 5.71. The number of aliphatic hydroxyl groups excluding tert-OH is 1. The van der Waals surface area contributed by atoms with Crippen LogP contribution >= 0.6 is 22.8 Å². The molecule has 0 radical (unpaired) electrons. The Kier molecular flexibility index (Phi) is 4.21. The minimum absolute atomic E-state index is 0.0367. The Hall–Kier alpha value is 0.765. The molecule has 0 unspecified atom stereocenters. The number of ether oxygens (including phenoxy) is 1. The lowest BCUT2D eigenvalue weighted by atomic mass is 9.85. The molecule has 1 saturated heterocycles. The third-order valence-electron chi connectivity index (χ3n) is 3.12. The number of halogens is 1. The van der Waals surface area contributed by atoms with E-state index in [1.54, 1.807) is 0 Å². The number of alkyl halides is 1. The summed E-state index contributed by atoms with van der Waals surface area (Å²) in [5.41, 5.74) is 0. The molecule has 88 valence electrons. The van der Waals surface area contributed by atoms with Crippen LogP contribution in [-0.2, 0) is 4.74 Å². The standard InChI is InChI=1S/C10H21BBrO2P/c1-10(12)8(13)7(14-9(10)11)5-6-15(2,3)4/h7-9,13H,2,5-6,11H2,1,3-4H3/t7-,8-,9-,10-/m1/s1. The summed E-state index contributed by atoms with van der Waals surface area (Å²) in [6, 6.07) is 0.0590.